The molecule has 0 bridgehead atoms. The summed E-state index contributed by atoms with van der Waals surface area (Å²) in [6.45, 7) is 0. The molecule has 12 nitrogen and oxygen atoms in total. The number of nitrogens with one attached hydrogen (secondary N) is 2. The number of hydrogen-bond acceptors (Lipinski definition) is 10. The molecule has 3 aromatic carbocycles. The number of furan rings is 1. The van der Waals surface area contributed by atoms with Gasteiger partial charge in [0.2, 0.25) is 5.75 Å². The van der Waals surface area contributed by atoms with Crippen LogP contribution in [0.3, 0.4) is 0 Å². The Kier molecular flexibility index (Phi) is 9.41. The van der Waals surface area contributed by atoms with E-state index in [1.54, 1.807) is 36.4 Å². The fourth-order valence-corrected chi connectivity index (χ4v) is 3.78. The second-order valence-corrected chi connectivity index (χ2v) is 8.43. The molecule has 0 radical (unpaired) electrons. The number of anilines is 1. The minimum absolute atomic E-state index is 0.145. The van der Waals surface area contributed by atoms with Crippen molar-refractivity contribution < 1.29 is 42.5 Å². The van der Waals surface area contributed by atoms with Gasteiger partial charge in [-0.05, 0) is 66.2 Å². The molecule has 0 aliphatic heterocycles. The molecule has 0 saturated carbocycles. The van der Waals surface area contributed by atoms with Crippen molar-refractivity contribution in [2.75, 3.05) is 33.8 Å². The molecule has 216 valence electrons. The van der Waals surface area contributed by atoms with Crippen molar-refractivity contribution in [3.05, 3.63) is 95.4 Å². The number of esters is 1. The van der Waals surface area contributed by atoms with Gasteiger partial charge in [-0.1, -0.05) is 6.07 Å². The van der Waals surface area contributed by atoms with Crippen LogP contribution >= 0.6 is 0 Å². The molecule has 0 unspecified atom stereocenters. The topological polar surface area (TPSA) is 147 Å². The smallest absolute Gasteiger partial charge is 0.343 e. The summed E-state index contributed by atoms with van der Waals surface area (Å²) in [5, 5.41) is 6.65. The van der Waals surface area contributed by atoms with Crippen molar-refractivity contribution in [3.63, 3.8) is 0 Å². The maximum atomic E-state index is 12.9. The van der Waals surface area contributed by atoms with Gasteiger partial charge < -0.3 is 33.4 Å². The number of rotatable bonds is 11. The van der Waals surface area contributed by atoms with E-state index in [0.717, 1.165) is 0 Å². The summed E-state index contributed by atoms with van der Waals surface area (Å²) in [5.41, 5.74) is 3.84. The number of benzene rings is 3. The van der Waals surface area contributed by atoms with Crippen LogP contribution < -0.4 is 34.4 Å². The second-order valence-electron chi connectivity index (χ2n) is 8.43. The highest BCUT2D eigenvalue weighted by Gasteiger charge is 2.20. The zero-order valence-corrected chi connectivity index (χ0v) is 23.1. The molecule has 4 aromatic rings. The van der Waals surface area contributed by atoms with Gasteiger partial charge in [0.25, 0.3) is 11.8 Å². The van der Waals surface area contributed by atoms with Crippen LogP contribution in [0, 0.1) is 0 Å². The number of methoxy groups -OCH3 is 4. The third-order valence-electron chi connectivity index (χ3n) is 5.80. The number of amides is 2. The van der Waals surface area contributed by atoms with Crippen molar-refractivity contribution in [3.8, 4) is 28.7 Å². The van der Waals surface area contributed by atoms with Gasteiger partial charge in [0.15, 0.2) is 28.8 Å². The van der Waals surface area contributed by atoms with Gasteiger partial charge in [-0.15, -0.1) is 0 Å². The molecule has 1 heterocycles. The van der Waals surface area contributed by atoms with Crippen molar-refractivity contribution >= 4 is 29.7 Å². The van der Waals surface area contributed by atoms with Gasteiger partial charge >= 0.3 is 5.97 Å². The Hall–Kier alpha value is -5.78. The number of carbonyl (C=O) groups excluding carboxylic acids is 3. The molecule has 0 saturated heterocycles. The van der Waals surface area contributed by atoms with Crippen LogP contribution in [0.25, 0.3) is 0 Å². The molecule has 0 aliphatic rings. The van der Waals surface area contributed by atoms with Gasteiger partial charge in [-0.2, -0.15) is 5.10 Å². The summed E-state index contributed by atoms with van der Waals surface area (Å²) in [6.07, 6.45) is 2.79. The highest BCUT2D eigenvalue weighted by Crippen LogP contribution is 2.38. The predicted octanol–water partition coefficient (Wildman–Crippen LogP) is 4.55. The van der Waals surface area contributed by atoms with E-state index in [1.165, 1.54) is 71.2 Å². The zero-order chi connectivity index (χ0) is 30.1. The standard InChI is InChI=1S/C30H27N3O9/c1-37-24-13-18(10-11-22(24)42-30(36)20-15-25(38-2)27(40-4)26(16-20)39-3)17-31-33-28(34)19-7-5-8-21(14-19)32-29(35)23-9-6-12-41-23/h5-17H,1-4H3,(H,32,35)(H,33,34). The number of nitrogens with zero attached hydrogens (tertiary/aromatic N) is 1. The Morgan fingerprint density at radius 1 is 0.738 bits per heavy atom. The maximum Gasteiger partial charge on any atom is 0.343 e. The lowest BCUT2D eigenvalue weighted by Gasteiger charge is -2.14. The summed E-state index contributed by atoms with van der Waals surface area (Å²) in [7, 11) is 5.77. The molecule has 0 spiro atoms. The van der Waals surface area contributed by atoms with E-state index in [2.05, 4.69) is 15.8 Å². The molecule has 2 amide bonds. The molecule has 42 heavy (non-hydrogen) atoms. The van der Waals surface area contributed by atoms with Gasteiger partial charge in [0.05, 0.1) is 46.5 Å². The molecule has 1 aromatic heterocycles. The molecule has 0 fully saturated rings. The Balaban J connectivity index is 1.41. The van der Waals surface area contributed by atoms with E-state index in [0.29, 0.717) is 28.5 Å². The van der Waals surface area contributed by atoms with Crippen LogP contribution in [-0.2, 0) is 0 Å². The van der Waals surface area contributed by atoms with E-state index >= 15 is 0 Å². The first-order valence-corrected chi connectivity index (χ1v) is 12.3. The third kappa shape index (κ3) is 6.86. The summed E-state index contributed by atoms with van der Waals surface area (Å²) >= 11 is 0. The van der Waals surface area contributed by atoms with Crippen molar-refractivity contribution in [1.29, 1.82) is 0 Å². The lowest BCUT2D eigenvalue weighted by Crippen LogP contribution is -2.18. The SMILES string of the molecule is COc1cc(C=NNC(=O)c2cccc(NC(=O)c3ccco3)c2)ccc1OC(=O)c1cc(OC)c(OC)c(OC)c1. The Morgan fingerprint density at radius 2 is 1.48 bits per heavy atom. The van der Waals surface area contributed by atoms with Crippen LogP contribution in [0.2, 0.25) is 0 Å². The van der Waals surface area contributed by atoms with Crippen LogP contribution in [0.15, 0.2) is 82.5 Å². The fraction of sp³-hybridized carbons (Fsp3) is 0.133. The van der Waals surface area contributed by atoms with E-state index in [1.807, 2.05) is 0 Å². The molecular weight excluding hydrogens is 546 g/mol. The largest absolute Gasteiger partial charge is 0.493 e. The lowest BCUT2D eigenvalue weighted by atomic mass is 10.1. The van der Waals surface area contributed by atoms with E-state index in [9.17, 15) is 14.4 Å². The summed E-state index contributed by atoms with van der Waals surface area (Å²) in [6, 6.07) is 17.2. The first-order chi connectivity index (χ1) is 20.4. The van der Waals surface area contributed by atoms with Gasteiger partial charge in [-0.25, -0.2) is 10.2 Å². The molecular formula is C30H27N3O9. The van der Waals surface area contributed by atoms with E-state index < -0.39 is 17.8 Å². The molecule has 4 rings (SSSR count). The lowest BCUT2D eigenvalue weighted by molar-refractivity contribution is 0.0728. The summed E-state index contributed by atoms with van der Waals surface area (Å²) in [5.74, 6) is -0.114. The van der Waals surface area contributed by atoms with Crippen LogP contribution in [-0.4, -0.2) is 52.4 Å². The van der Waals surface area contributed by atoms with Crippen molar-refractivity contribution in [1.82, 2.24) is 5.43 Å². The number of hydrazone groups is 1. The number of ether oxygens (including phenoxy) is 5. The molecule has 2 N–H and O–H groups in total. The first kappa shape index (κ1) is 29.2. The Morgan fingerprint density at radius 3 is 2.12 bits per heavy atom. The summed E-state index contributed by atoms with van der Waals surface area (Å²) in [4.78, 5) is 37.7. The van der Waals surface area contributed by atoms with Gasteiger partial charge in [-0.3, -0.25) is 9.59 Å². The van der Waals surface area contributed by atoms with Gasteiger partial charge in [0.1, 0.15) is 0 Å². The Labute approximate surface area is 240 Å². The minimum Gasteiger partial charge on any atom is -0.493 e. The number of carbonyl (C=O) groups is 3. The third-order valence-corrected chi connectivity index (χ3v) is 5.80. The zero-order valence-electron chi connectivity index (χ0n) is 23.1. The van der Waals surface area contributed by atoms with Crippen LogP contribution in [0.5, 0.6) is 28.7 Å². The normalized spacial score (nSPS) is 10.6. The monoisotopic (exact) mass is 573 g/mol. The number of hydrogen-bond donors (Lipinski definition) is 2. The van der Waals surface area contributed by atoms with Crippen LogP contribution in [0.1, 0.15) is 36.8 Å². The average molecular weight is 574 g/mol. The minimum atomic E-state index is -0.677. The molecule has 0 aliphatic carbocycles. The maximum absolute atomic E-state index is 12.9. The van der Waals surface area contributed by atoms with Crippen LogP contribution in [0.4, 0.5) is 5.69 Å². The molecule has 12 heteroatoms. The summed E-state index contributed by atoms with van der Waals surface area (Å²) < 4.78 is 31.9. The molecule has 0 atom stereocenters. The predicted molar refractivity (Wildman–Crippen MR) is 152 cm³/mol. The highest BCUT2D eigenvalue weighted by atomic mass is 16.6. The Bertz CT molecular complexity index is 1590. The first-order valence-electron chi connectivity index (χ1n) is 12.3. The van der Waals surface area contributed by atoms with Crippen molar-refractivity contribution in [2.24, 2.45) is 5.10 Å². The second kappa shape index (κ2) is 13.5. The van der Waals surface area contributed by atoms with E-state index in [4.69, 9.17) is 28.1 Å². The highest BCUT2D eigenvalue weighted by molar-refractivity contribution is 6.03. The fourth-order valence-electron chi connectivity index (χ4n) is 3.78. The quantitative estimate of drug-likeness (QED) is 0.114. The van der Waals surface area contributed by atoms with Gasteiger partial charge in [0, 0.05) is 11.3 Å². The van der Waals surface area contributed by atoms with E-state index in [-0.39, 0.29) is 28.4 Å². The van der Waals surface area contributed by atoms with Crippen molar-refractivity contribution in [2.45, 2.75) is 0 Å². The average Bonchev–Trinajstić information content (AvgIpc) is 3.56.